The smallest absolute Gasteiger partial charge is 0.405 e. The standard InChI is InChI=1S/C10H10F3NO2/c11-10(12,13)16-9-4-2-1-3-7(9)8(15)5-6-14/h1-4H,5-6,14H2. The highest BCUT2D eigenvalue weighted by Gasteiger charge is 2.32. The minimum absolute atomic E-state index is 0.0156. The van der Waals surface area contributed by atoms with Gasteiger partial charge in [-0.15, -0.1) is 13.2 Å². The second kappa shape index (κ2) is 4.98. The van der Waals surface area contributed by atoms with Gasteiger partial charge in [-0.2, -0.15) is 0 Å². The maximum atomic E-state index is 12.0. The molecule has 0 aliphatic heterocycles. The molecular formula is C10H10F3NO2. The van der Waals surface area contributed by atoms with Crippen LogP contribution < -0.4 is 10.5 Å². The van der Waals surface area contributed by atoms with Gasteiger partial charge in [0.1, 0.15) is 5.75 Å². The number of hydrogen-bond donors (Lipinski definition) is 1. The number of alkyl halides is 3. The number of ether oxygens (including phenoxy) is 1. The lowest BCUT2D eigenvalue weighted by Gasteiger charge is -2.11. The lowest BCUT2D eigenvalue weighted by Crippen LogP contribution is -2.19. The van der Waals surface area contributed by atoms with E-state index in [0.717, 1.165) is 6.07 Å². The number of hydrogen-bond acceptors (Lipinski definition) is 3. The summed E-state index contributed by atoms with van der Waals surface area (Å²) in [5.74, 6) is -0.962. The third-order valence-corrected chi connectivity index (χ3v) is 1.78. The van der Waals surface area contributed by atoms with Gasteiger partial charge < -0.3 is 10.5 Å². The van der Waals surface area contributed by atoms with Crippen LogP contribution in [0.5, 0.6) is 5.75 Å². The molecule has 0 radical (unpaired) electrons. The number of para-hydroxylation sites is 1. The molecule has 1 aromatic carbocycles. The van der Waals surface area contributed by atoms with Gasteiger partial charge in [0.25, 0.3) is 0 Å². The number of carbonyl (C=O) groups is 1. The molecule has 0 aliphatic carbocycles. The van der Waals surface area contributed by atoms with Crippen molar-refractivity contribution in [3.8, 4) is 5.75 Å². The number of halogens is 3. The topological polar surface area (TPSA) is 52.3 Å². The van der Waals surface area contributed by atoms with Gasteiger partial charge in [0, 0.05) is 6.42 Å². The van der Waals surface area contributed by atoms with Gasteiger partial charge in [-0.25, -0.2) is 0 Å². The van der Waals surface area contributed by atoms with Crippen molar-refractivity contribution in [3.05, 3.63) is 29.8 Å². The van der Waals surface area contributed by atoms with Crippen LogP contribution in [-0.2, 0) is 0 Å². The summed E-state index contributed by atoms with van der Waals surface area (Å²) in [5.41, 5.74) is 5.05. The molecule has 1 rings (SSSR count). The van der Waals surface area contributed by atoms with Crippen LogP contribution in [0.3, 0.4) is 0 Å². The Hall–Kier alpha value is -1.56. The molecule has 0 saturated carbocycles. The van der Waals surface area contributed by atoms with Crippen LogP contribution in [0.2, 0.25) is 0 Å². The van der Waals surface area contributed by atoms with E-state index in [1.165, 1.54) is 18.2 Å². The van der Waals surface area contributed by atoms with Crippen LogP contribution in [0.1, 0.15) is 16.8 Å². The minimum atomic E-state index is -4.81. The first-order chi connectivity index (χ1) is 7.44. The fourth-order valence-corrected chi connectivity index (χ4v) is 1.18. The van der Waals surface area contributed by atoms with E-state index in [0.29, 0.717) is 0 Å². The molecule has 0 heterocycles. The number of nitrogens with two attached hydrogens (primary N) is 1. The summed E-state index contributed by atoms with van der Waals surface area (Å²) in [6.45, 7) is 0.0825. The molecule has 0 bridgehead atoms. The molecule has 0 aromatic heterocycles. The lowest BCUT2D eigenvalue weighted by atomic mass is 10.1. The second-order valence-electron chi connectivity index (χ2n) is 3.01. The molecule has 0 spiro atoms. The zero-order valence-electron chi connectivity index (χ0n) is 8.25. The molecule has 0 amide bonds. The average molecular weight is 233 g/mol. The first-order valence-electron chi connectivity index (χ1n) is 4.52. The molecule has 0 aliphatic rings. The number of ketones is 1. The maximum absolute atomic E-state index is 12.0. The number of rotatable bonds is 4. The summed E-state index contributed by atoms with van der Waals surface area (Å²) in [4.78, 5) is 11.4. The summed E-state index contributed by atoms with van der Waals surface area (Å²) in [6.07, 6.45) is -4.82. The van der Waals surface area contributed by atoms with Crippen molar-refractivity contribution >= 4 is 5.78 Å². The van der Waals surface area contributed by atoms with Gasteiger partial charge >= 0.3 is 6.36 Å². The van der Waals surface area contributed by atoms with Crippen molar-refractivity contribution in [2.45, 2.75) is 12.8 Å². The molecule has 1 aromatic rings. The Morgan fingerprint density at radius 3 is 2.50 bits per heavy atom. The Labute approximate surface area is 90.0 Å². The summed E-state index contributed by atoms with van der Waals surface area (Å²) < 4.78 is 39.8. The molecule has 0 saturated heterocycles. The Morgan fingerprint density at radius 1 is 1.31 bits per heavy atom. The molecule has 6 heteroatoms. The summed E-state index contributed by atoms with van der Waals surface area (Å²) in [5, 5.41) is 0. The fourth-order valence-electron chi connectivity index (χ4n) is 1.18. The fraction of sp³-hybridized carbons (Fsp3) is 0.300. The van der Waals surface area contributed by atoms with Crippen molar-refractivity contribution < 1.29 is 22.7 Å². The van der Waals surface area contributed by atoms with E-state index in [1.54, 1.807) is 0 Å². The zero-order valence-corrected chi connectivity index (χ0v) is 8.25. The molecule has 16 heavy (non-hydrogen) atoms. The Kier molecular flexibility index (Phi) is 3.89. The van der Waals surface area contributed by atoms with Crippen molar-refractivity contribution in [2.24, 2.45) is 5.73 Å². The molecule has 0 unspecified atom stereocenters. The van der Waals surface area contributed by atoms with E-state index in [-0.39, 0.29) is 18.5 Å². The van der Waals surface area contributed by atoms with Crippen molar-refractivity contribution in [3.63, 3.8) is 0 Å². The van der Waals surface area contributed by atoms with Crippen LogP contribution in [-0.4, -0.2) is 18.7 Å². The van der Waals surface area contributed by atoms with E-state index in [4.69, 9.17) is 5.73 Å². The highest BCUT2D eigenvalue weighted by molar-refractivity contribution is 5.98. The largest absolute Gasteiger partial charge is 0.573 e. The van der Waals surface area contributed by atoms with Crippen molar-refractivity contribution in [1.82, 2.24) is 0 Å². The predicted molar refractivity (Wildman–Crippen MR) is 51.1 cm³/mol. The number of carbonyl (C=O) groups excluding carboxylic acids is 1. The van der Waals surface area contributed by atoms with Crippen LogP contribution in [0.25, 0.3) is 0 Å². The Morgan fingerprint density at radius 2 is 1.94 bits per heavy atom. The molecule has 3 nitrogen and oxygen atoms in total. The highest BCUT2D eigenvalue weighted by atomic mass is 19.4. The van der Waals surface area contributed by atoms with E-state index in [1.807, 2.05) is 0 Å². The maximum Gasteiger partial charge on any atom is 0.573 e. The Bertz CT molecular complexity index is 377. The van der Waals surface area contributed by atoms with Crippen molar-refractivity contribution in [1.29, 1.82) is 0 Å². The zero-order chi connectivity index (χ0) is 12.2. The molecular weight excluding hydrogens is 223 g/mol. The van der Waals surface area contributed by atoms with E-state index in [9.17, 15) is 18.0 Å². The average Bonchev–Trinajstić information content (AvgIpc) is 2.16. The number of Topliss-reactive ketones (excluding diaryl/α,β-unsaturated/α-hetero) is 1. The van der Waals surface area contributed by atoms with Gasteiger partial charge in [0.05, 0.1) is 5.56 Å². The summed E-state index contributed by atoms with van der Waals surface area (Å²) >= 11 is 0. The highest BCUT2D eigenvalue weighted by Crippen LogP contribution is 2.26. The summed E-state index contributed by atoms with van der Waals surface area (Å²) in [6, 6.07) is 5.20. The van der Waals surface area contributed by atoms with Gasteiger partial charge in [-0.05, 0) is 18.7 Å². The van der Waals surface area contributed by atoms with E-state index < -0.39 is 17.9 Å². The minimum Gasteiger partial charge on any atom is -0.405 e. The quantitative estimate of drug-likeness (QED) is 0.810. The summed E-state index contributed by atoms with van der Waals surface area (Å²) in [7, 11) is 0. The van der Waals surface area contributed by atoms with E-state index >= 15 is 0 Å². The van der Waals surface area contributed by atoms with Crippen LogP contribution in [0.4, 0.5) is 13.2 Å². The van der Waals surface area contributed by atoms with Gasteiger partial charge in [0.2, 0.25) is 0 Å². The third kappa shape index (κ3) is 3.54. The third-order valence-electron chi connectivity index (χ3n) is 1.78. The second-order valence-corrected chi connectivity index (χ2v) is 3.01. The number of benzene rings is 1. The molecule has 88 valence electrons. The van der Waals surface area contributed by atoms with Gasteiger partial charge in [0.15, 0.2) is 5.78 Å². The lowest BCUT2D eigenvalue weighted by molar-refractivity contribution is -0.274. The first-order valence-corrected chi connectivity index (χ1v) is 4.52. The first kappa shape index (κ1) is 12.5. The predicted octanol–water partition coefficient (Wildman–Crippen LogP) is 2.12. The van der Waals surface area contributed by atoms with Gasteiger partial charge in [-0.1, -0.05) is 12.1 Å². The van der Waals surface area contributed by atoms with Crippen LogP contribution in [0.15, 0.2) is 24.3 Å². The van der Waals surface area contributed by atoms with E-state index in [2.05, 4.69) is 4.74 Å². The molecule has 0 fully saturated rings. The van der Waals surface area contributed by atoms with Gasteiger partial charge in [-0.3, -0.25) is 4.79 Å². The van der Waals surface area contributed by atoms with Crippen molar-refractivity contribution in [2.75, 3.05) is 6.54 Å². The molecule has 0 atom stereocenters. The monoisotopic (exact) mass is 233 g/mol. The SMILES string of the molecule is NCCC(=O)c1ccccc1OC(F)(F)F. The molecule has 2 N–H and O–H groups in total. The van der Waals surface area contributed by atoms with Crippen LogP contribution >= 0.6 is 0 Å². The normalized spacial score (nSPS) is 11.2. The Balaban J connectivity index is 2.96. The van der Waals surface area contributed by atoms with Crippen LogP contribution in [0, 0.1) is 0 Å².